The van der Waals surface area contributed by atoms with Crippen LogP contribution in [-0.4, -0.2) is 35.0 Å². The number of allylic oxidation sites excluding steroid dienone is 4. The third kappa shape index (κ3) is 4.53. The average Bonchev–Trinajstić information content (AvgIpc) is 2.86. The Bertz CT molecular complexity index is 1070. The quantitative estimate of drug-likeness (QED) is 0.269. The maximum atomic E-state index is 12.3. The lowest BCUT2D eigenvalue weighted by Crippen LogP contribution is -2.61. The number of fused-ring (bicyclic) bond motifs is 7. The Morgan fingerprint density at radius 2 is 1.69 bits per heavy atom. The number of carbonyl (C=O) groups is 1. The number of carboxylic acids is 1. The fourth-order valence-corrected chi connectivity index (χ4v) is 10.7. The van der Waals surface area contributed by atoms with Gasteiger partial charge in [0.15, 0.2) is 0 Å². The van der Waals surface area contributed by atoms with E-state index in [1.54, 1.807) is 5.57 Å². The van der Waals surface area contributed by atoms with Crippen LogP contribution < -0.4 is 0 Å². The highest BCUT2D eigenvalue weighted by atomic mass is 16.5. The minimum atomic E-state index is -0.805. The van der Waals surface area contributed by atoms with E-state index >= 15 is 0 Å². The average molecular weight is 537 g/mol. The molecule has 5 aliphatic rings. The van der Waals surface area contributed by atoms with Crippen molar-refractivity contribution in [1.82, 2.24) is 0 Å². The smallest absolute Gasteiger partial charge is 0.309 e. The molecule has 4 fully saturated rings. The summed E-state index contributed by atoms with van der Waals surface area (Å²) in [4.78, 5) is 12.3. The predicted molar refractivity (Wildman–Crippen MR) is 157 cm³/mol. The van der Waals surface area contributed by atoms with Gasteiger partial charge in [-0.15, -0.1) is 0 Å². The Hall–Kier alpha value is -1.65. The molecule has 0 bridgehead atoms. The third-order valence-corrected chi connectivity index (χ3v) is 12.8. The standard InChI is InChI=1S/C35H52O4/c1-8-10-22(9-2)21-39-29-20-32(3,4)19-26-23-11-12-28-33(5,24(23)13-17-35(26,29)7)16-14-25-30(31(37)38)27(36)15-18-34(25,28)6/h8-11,24-30,36H,1-2,12-21H2,3-7H3,(H,37,38)/b22-10+. The lowest BCUT2D eigenvalue weighted by molar-refractivity contribution is -0.184. The Balaban J connectivity index is 1.46. The molecule has 0 spiro atoms. The molecule has 39 heavy (non-hydrogen) atoms. The van der Waals surface area contributed by atoms with Crippen molar-refractivity contribution in [3.63, 3.8) is 0 Å². The molecule has 5 rings (SSSR count). The van der Waals surface area contributed by atoms with Crippen LogP contribution in [0.2, 0.25) is 0 Å². The van der Waals surface area contributed by atoms with E-state index in [1.165, 1.54) is 19.3 Å². The number of carboxylic acid groups (broad SMARTS) is 1. The number of hydrogen-bond donors (Lipinski definition) is 2. The van der Waals surface area contributed by atoms with Crippen molar-refractivity contribution in [2.75, 3.05) is 6.61 Å². The highest BCUT2D eigenvalue weighted by Crippen LogP contribution is 2.70. The van der Waals surface area contributed by atoms with Crippen LogP contribution in [0.5, 0.6) is 0 Å². The van der Waals surface area contributed by atoms with Gasteiger partial charge < -0.3 is 14.9 Å². The molecule has 0 aromatic rings. The van der Waals surface area contributed by atoms with E-state index in [-0.39, 0.29) is 33.7 Å². The number of aliphatic carboxylic acids is 1. The van der Waals surface area contributed by atoms with Crippen molar-refractivity contribution < 1.29 is 19.7 Å². The van der Waals surface area contributed by atoms with Crippen molar-refractivity contribution >= 4 is 5.97 Å². The summed E-state index contributed by atoms with van der Waals surface area (Å²) < 4.78 is 6.75. The fraction of sp³-hybridized carbons (Fsp3) is 0.743. The molecule has 0 saturated heterocycles. The number of hydrogen-bond acceptors (Lipinski definition) is 3. The summed E-state index contributed by atoms with van der Waals surface area (Å²) in [5.41, 5.74) is 3.24. The molecule has 10 atom stereocenters. The van der Waals surface area contributed by atoms with Crippen molar-refractivity contribution in [3.05, 3.63) is 48.6 Å². The molecule has 10 unspecified atom stereocenters. The van der Waals surface area contributed by atoms with Crippen molar-refractivity contribution in [2.45, 2.75) is 105 Å². The van der Waals surface area contributed by atoms with Gasteiger partial charge in [0.1, 0.15) is 0 Å². The largest absolute Gasteiger partial charge is 0.481 e. The van der Waals surface area contributed by atoms with Gasteiger partial charge in [0.05, 0.1) is 24.7 Å². The molecule has 2 N–H and O–H groups in total. The van der Waals surface area contributed by atoms with Crippen LogP contribution in [0.4, 0.5) is 0 Å². The molecule has 0 aromatic heterocycles. The normalized spacial score (nSPS) is 47.0. The molecule has 4 nitrogen and oxygen atoms in total. The van der Waals surface area contributed by atoms with Gasteiger partial charge in [-0.05, 0) is 103 Å². The van der Waals surface area contributed by atoms with E-state index < -0.39 is 18.0 Å². The van der Waals surface area contributed by atoms with Gasteiger partial charge in [0, 0.05) is 5.41 Å². The van der Waals surface area contributed by atoms with E-state index in [0.29, 0.717) is 30.8 Å². The topological polar surface area (TPSA) is 66.8 Å². The monoisotopic (exact) mass is 536 g/mol. The molecule has 0 radical (unpaired) electrons. The zero-order valence-electron chi connectivity index (χ0n) is 25.0. The van der Waals surface area contributed by atoms with Gasteiger partial charge in [-0.3, -0.25) is 4.79 Å². The van der Waals surface area contributed by atoms with Crippen LogP contribution in [0.3, 0.4) is 0 Å². The molecule has 216 valence electrons. The van der Waals surface area contributed by atoms with E-state index in [2.05, 4.69) is 53.9 Å². The summed E-state index contributed by atoms with van der Waals surface area (Å²) in [6.45, 7) is 20.6. The summed E-state index contributed by atoms with van der Waals surface area (Å²) >= 11 is 0. The van der Waals surface area contributed by atoms with E-state index in [1.807, 2.05) is 18.2 Å². The Labute approximate surface area is 236 Å². The highest BCUT2D eigenvalue weighted by molar-refractivity contribution is 5.71. The Morgan fingerprint density at radius 3 is 2.36 bits per heavy atom. The SMILES string of the molecule is C=C/C=C(\C=C)COC1CC(C)(C)CC2C3=CCC4C(C)(CCC5C(C(=O)O)C(O)CCC54C)C3CCC12C. The first-order valence-electron chi connectivity index (χ1n) is 15.5. The van der Waals surface area contributed by atoms with E-state index in [4.69, 9.17) is 4.74 Å². The Kier molecular flexibility index (Phi) is 7.41. The van der Waals surface area contributed by atoms with Gasteiger partial charge in [-0.2, -0.15) is 0 Å². The number of ether oxygens (including phenoxy) is 1. The summed E-state index contributed by atoms with van der Waals surface area (Å²) in [7, 11) is 0. The lowest BCUT2D eigenvalue weighted by Gasteiger charge is -2.67. The van der Waals surface area contributed by atoms with Gasteiger partial charge in [0.25, 0.3) is 0 Å². The predicted octanol–water partition coefficient (Wildman–Crippen LogP) is 7.75. The molecular weight excluding hydrogens is 484 g/mol. The Morgan fingerprint density at radius 1 is 1.00 bits per heavy atom. The van der Waals surface area contributed by atoms with Gasteiger partial charge in [0.2, 0.25) is 0 Å². The van der Waals surface area contributed by atoms with Crippen LogP contribution in [-0.2, 0) is 9.53 Å². The second-order valence-electron chi connectivity index (χ2n) is 15.3. The molecule has 4 heteroatoms. The molecular formula is C35H52O4. The maximum absolute atomic E-state index is 12.3. The van der Waals surface area contributed by atoms with Gasteiger partial charge in [-0.1, -0.05) is 77.7 Å². The van der Waals surface area contributed by atoms with Crippen molar-refractivity contribution in [3.8, 4) is 0 Å². The zero-order chi connectivity index (χ0) is 28.4. The molecule has 0 amide bonds. The van der Waals surface area contributed by atoms with Crippen LogP contribution >= 0.6 is 0 Å². The first-order valence-corrected chi connectivity index (χ1v) is 15.5. The molecule has 0 heterocycles. The minimum Gasteiger partial charge on any atom is -0.481 e. The second-order valence-corrected chi connectivity index (χ2v) is 15.3. The number of aliphatic hydroxyl groups excluding tert-OH is 1. The molecule has 4 saturated carbocycles. The first kappa shape index (κ1) is 28.9. The minimum absolute atomic E-state index is 0.0336. The highest BCUT2D eigenvalue weighted by Gasteiger charge is 2.64. The van der Waals surface area contributed by atoms with Gasteiger partial charge in [-0.25, -0.2) is 0 Å². The summed E-state index contributed by atoms with van der Waals surface area (Å²) in [6.07, 6.45) is 17.0. The van der Waals surface area contributed by atoms with Gasteiger partial charge >= 0.3 is 5.97 Å². The van der Waals surface area contributed by atoms with Crippen LogP contribution in [0.15, 0.2) is 48.6 Å². The first-order chi connectivity index (χ1) is 18.3. The van der Waals surface area contributed by atoms with Crippen LogP contribution in [0, 0.1) is 51.2 Å². The molecule has 5 aliphatic carbocycles. The number of rotatable bonds is 6. The molecule has 0 aliphatic heterocycles. The van der Waals surface area contributed by atoms with E-state index in [9.17, 15) is 15.0 Å². The summed E-state index contributed by atoms with van der Waals surface area (Å²) in [6, 6.07) is 0. The van der Waals surface area contributed by atoms with Crippen molar-refractivity contribution in [2.24, 2.45) is 51.2 Å². The fourth-order valence-electron chi connectivity index (χ4n) is 10.7. The van der Waals surface area contributed by atoms with Crippen molar-refractivity contribution in [1.29, 1.82) is 0 Å². The molecule has 0 aromatic carbocycles. The zero-order valence-corrected chi connectivity index (χ0v) is 25.0. The summed E-state index contributed by atoms with van der Waals surface area (Å²) in [5.74, 6) is 0.181. The maximum Gasteiger partial charge on any atom is 0.309 e. The second kappa shape index (κ2) is 10.0. The van der Waals surface area contributed by atoms with Crippen LogP contribution in [0.1, 0.15) is 92.4 Å². The van der Waals surface area contributed by atoms with Crippen LogP contribution in [0.25, 0.3) is 0 Å². The number of aliphatic hydroxyl groups is 1. The lowest BCUT2D eigenvalue weighted by atomic mass is 9.38. The third-order valence-electron chi connectivity index (χ3n) is 12.8. The summed E-state index contributed by atoms with van der Waals surface area (Å²) in [5, 5.41) is 20.7. The van der Waals surface area contributed by atoms with E-state index in [0.717, 1.165) is 37.7 Å².